The third kappa shape index (κ3) is 3.68. The molecule has 0 aliphatic heterocycles. The number of carbonyl (C=O) groups excluding carboxylic acids is 1. The summed E-state index contributed by atoms with van der Waals surface area (Å²) in [6, 6.07) is 6.55. The van der Waals surface area contributed by atoms with Gasteiger partial charge in [0.1, 0.15) is 5.69 Å². The minimum atomic E-state index is -0.457. The molecule has 0 aliphatic rings. The lowest BCUT2D eigenvalue weighted by Gasteiger charge is -2.18. The molecule has 0 fully saturated rings. The number of thiophene rings is 1. The number of nitro benzene ring substituents is 1. The van der Waals surface area contributed by atoms with Crippen molar-refractivity contribution in [2.75, 3.05) is 11.9 Å². The molecular weight excluding hydrogens is 356 g/mol. The van der Waals surface area contributed by atoms with Crippen LogP contribution in [0.3, 0.4) is 0 Å². The van der Waals surface area contributed by atoms with Gasteiger partial charge in [0.25, 0.3) is 5.69 Å². The van der Waals surface area contributed by atoms with Gasteiger partial charge in [-0.05, 0) is 52.0 Å². The van der Waals surface area contributed by atoms with Crippen LogP contribution in [0.4, 0.5) is 11.4 Å². The lowest BCUT2D eigenvalue weighted by molar-refractivity contribution is -0.384. The van der Waals surface area contributed by atoms with Crippen molar-refractivity contribution in [1.29, 1.82) is 0 Å². The molecule has 1 heterocycles. The topological polar surface area (TPSA) is 63.5 Å². The SMILES string of the molecule is CC(=O)c1ccc(N(C)Cc2csc(Br)c2)c([N+](=O)[O-])c1. The number of hydrogen-bond donors (Lipinski definition) is 0. The summed E-state index contributed by atoms with van der Waals surface area (Å²) >= 11 is 4.97. The van der Waals surface area contributed by atoms with Gasteiger partial charge in [-0.2, -0.15) is 0 Å². The summed E-state index contributed by atoms with van der Waals surface area (Å²) in [6.07, 6.45) is 0. The number of hydrogen-bond acceptors (Lipinski definition) is 5. The fourth-order valence-corrected chi connectivity index (χ4v) is 3.20. The van der Waals surface area contributed by atoms with Crippen LogP contribution in [0.25, 0.3) is 0 Å². The van der Waals surface area contributed by atoms with E-state index < -0.39 is 4.92 Å². The van der Waals surface area contributed by atoms with E-state index in [0.29, 0.717) is 17.8 Å². The van der Waals surface area contributed by atoms with E-state index in [1.807, 2.05) is 11.4 Å². The number of rotatable bonds is 5. The van der Waals surface area contributed by atoms with Gasteiger partial charge in [-0.15, -0.1) is 11.3 Å². The van der Waals surface area contributed by atoms with Crippen LogP contribution in [0.1, 0.15) is 22.8 Å². The Kier molecular flexibility index (Phi) is 4.74. The highest BCUT2D eigenvalue weighted by molar-refractivity contribution is 9.11. The van der Waals surface area contributed by atoms with Gasteiger partial charge in [-0.25, -0.2) is 0 Å². The van der Waals surface area contributed by atoms with Crippen molar-refractivity contribution in [3.05, 3.63) is 54.7 Å². The highest BCUT2D eigenvalue weighted by Gasteiger charge is 2.19. The molecule has 0 N–H and O–H groups in total. The largest absolute Gasteiger partial charge is 0.365 e. The number of nitrogens with zero attached hydrogens (tertiary/aromatic N) is 2. The molecule has 2 rings (SSSR count). The standard InChI is InChI=1S/C14H13BrN2O3S/c1-9(18)11-3-4-12(13(6-11)17(19)20)16(2)7-10-5-14(15)21-8-10/h3-6,8H,7H2,1-2H3. The van der Waals surface area contributed by atoms with Crippen molar-refractivity contribution in [3.63, 3.8) is 0 Å². The Bertz CT molecular complexity index is 699. The number of carbonyl (C=O) groups is 1. The number of ketones is 1. The second kappa shape index (κ2) is 6.36. The third-order valence-electron chi connectivity index (χ3n) is 3.03. The Balaban J connectivity index is 2.33. The molecule has 5 nitrogen and oxygen atoms in total. The number of Topliss-reactive ketones (excluding diaryl/α,β-unsaturated/α-hetero) is 1. The molecule has 2 aromatic rings. The van der Waals surface area contributed by atoms with E-state index in [1.165, 1.54) is 13.0 Å². The van der Waals surface area contributed by atoms with Crippen molar-refractivity contribution in [2.45, 2.75) is 13.5 Å². The minimum Gasteiger partial charge on any atom is -0.365 e. The maximum absolute atomic E-state index is 11.4. The van der Waals surface area contributed by atoms with Crippen LogP contribution < -0.4 is 4.90 Å². The average Bonchev–Trinajstić information content (AvgIpc) is 2.83. The summed E-state index contributed by atoms with van der Waals surface area (Å²) < 4.78 is 1.02. The molecule has 0 unspecified atom stereocenters. The number of halogens is 1. The summed E-state index contributed by atoms with van der Waals surface area (Å²) in [6.45, 7) is 1.95. The zero-order valence-corrected chi connectivity index (χ0v) is 13.9. The first kappa shape index (κ1) is 15.7. The predicted octanol–water partition coefficient (Wildman–Crippen LogP) is 4.26. The van der Waals surface area contributed by atoms with Gasteiger partial charge in [0.2, 0.25) is 0 Å². The number of benzene rings is 1. The number of nitro groups is 1. The van der Waals surface area contributed by atoms with E-state index in [0.717, 1.165) is 9.35 Å². The quantitative estimate of drug-likeness (QED) is 0.449. The lowest BCUT2D eigenvalue weighted by Crippen LogP contribution is -2.17. The van der Waals surface area contributed by atoms with E-state index in [1.54, 1.807) is 35.4 Å². The van der Waals surface area contributed by atoms with Crippen molar-refractivity contribution < 1.29 is 9.72 Å². The molecule has 110 valence electrons. The highest BCUT2D eigenvalue weighted by Crippen LogP contribution is 2.30. The molecule has 1 aromatic heterocycles. The maximum Gasteiger partial charge on any atom is 0.293 e. The summed E-state index contributed by atoms with van der Waals surface area (Å²) in [5, 5.41) is 13.2. The molecule has 0 saturated heterocycles. The van der Waals surface area contributed by atoms with Gasteiger partial charge in [-0.3, -0.25) is 14.9 Å². The third-order valence-corrected chi connectivity index (χ3v) is 4.58. The fourth-order valence-electron chi connectivity index (χ4n) is 2.00. The molecule has 7 heteroatoms. The Hall–Kier alpha value is -1.73. The fraction of sp³-hybridized carbons (Fsp3) is 0.214. The molecule has 0 radical (unpaired) electrons. The smallest absolute Gasteiger partial charge is 0.293 e. The Morgan fingerprint density at radius 3 is 2.67 bits per heavy atom. The van der Waals surface area contributed by atoms with Crippen LogP contribution in [0, 0.1) is 10.1 Å². The van der Waals surface area contributed by atoms with Gasteiger partial charge in [0, 0.05) is 25.2 Å². The van der Waals surface area contributed by atoms with Crippen molar-refractivity contribution >= 4 is 44.4 Å². The maximum atomic E-state index is 11.4. The van der Waals surface area contributed by atoms with Gasteiger partial charge in [0.05, 0.1) is 8.71 Å². The molecule has 0 aliphatic carbocycles. The van der Waals surface area contributed by atoms with Crippen LogP contribution in [-0.4, -0.2) is 17.8 Å². The second-order valence-corrected chi connectivity index (χ2v) is 6.92. The zero-order chi connectivity index (χ0) is 15.6. The number of anilines is 1. The van der Waals surface area contributed by atoms with E-state index in [2.05, 4.69) is 15.9 Å². The second-order valence-electron chi connectivity index (χ2n) is 4.63. The van der Waals surface area contributed by atoms with E-state index in [4.69, 9.17) is 0 Å². The molecular formula is C14H13BrN2O3S. The van der Waals surface area contributed by atoms with Gasteiger partial charge >= 0.3 is 0 Å². The van der Waals surface area contributed by atoms with E-state index >= 15 is 0 Å². The molecule has 0 atom stereocenters. The van der Waals surface area contributed by atoms with Crippen LogP contribution in [0.2, 0.25) is 0 Å². The summed E-state index contributed by atoms with van der Waals surface area (Å²) in [7, 11) is 1.79. The Labute approximate surface area is 134 Å². The van der Waals surface area contributed by atoms with Crippen molar-refractivity contribution in [1.82, 2.24) is 0 Å². The Morgan fingerprint density at radius 1 is 1.43 bits per heavy atom. The molecule has 0 bridgehead atoms. The van der Waals surface area contributed by atoms with Gasteiger partial charge in [0.15, 0.2) is 5.78 Å². The van der Waals surface area contributed by atoms with Crippen LogP contribution in [0.5, 0.6) is 0 Å². The molecule has 0 saturated carbocycles. The molecule has 0 amide bonds. The summed E-state index contributed by atoms with van der Waals surface area (Å²) in [5.41, 5.74) is 1.85. The van der Waals surface area contributed by atoms with E-state index in [9.17, 15) is 14.9 Å². The Morgan fingerprint density at radius 2 is 2.14 bits per heavy atom. The van der Waals surface area contributed by atoms with Crippen LogP contribution >= 0.6 is 27.3 Å². The van der Waals surface area contributed by atoms with Crippen LogP contribution in [-0.2, 0) is 6.54 Å². The first-order chi connectivity index (χ1) is 9.88. The van der Waals surface area contributed by atoms with Crippen molar-refractivity contribution in [3.8, 4) is 0 Å². The first-order valence-electron chi connectivity index (χ1n) is 6.12. The summed E-state index contributed by atoms with van der Waals surface area (Å²) in [4.78, 5) is 23.9. The predicted molar refractivity (Wildman–Crippen MR) is 87.2 cm³/mol. The van der Waals surface area contributed by atoms with Crippen LogP contribution in [0.15, 0.2) is 33.4 Å². The van der Waals surface area contributed by atoms with Gasteiger partial charge < -0.3 is 4.90 Å². The van der Waals surface area contributed by atoms with Gasteiger partial charge in [-0.1, -0.05) is 0 Å². The lowest BCUT2D eigenvalue weighted by atomic mass is 10.1. The van der Waals surface area contributed by atoms with E-state index in [-0.39, 0.29) is 11.5 Å². The zero-order valence-electron chi connectivity index (χ0n) is 11.5. The monoisotopic (exact) mass is 368 g/mol. The molecule has 0 spiro atoms. The first-order valence-corrected chi connectivity index (χ1v) is 7.79. The minimum absolute atomic E-state index is 0.0560. The average molecular weight is 369 g/mol. The molecule has 1 aromatic carbocycles. The normalized spacial score (nSPS) is 10.4. The van der Waals surface area contributed by atoms with Crippen molar-refractivity contribution in [2.24, 2.45) is 0 Å². The molecule has 21 heavy (non-hydrogen) atoms. The highest BCUT2D eigenvalue weighted by atomic mass is 79.9. The summed E-state index contributed by atoms with van der Waals surface area (Å²) in [5.74, 6) is -0.186.